The fourth-order valence-electron chi connectivity index (χ4n) is 2.58. The molecule has 1 atom stereocenters. The van der Waals surface area contributed by atoms with Gasteiger partial charge in [-0.05, 0) is 46.1 Å². The molecule has 2 rings (SSSR count). The van der Waals surface area contributed by atoms with Gasteiger partial charge < -0.3 is 14.2 Å². The molecular weight excluding hydrogens is 310 g/mol. The average molecular weight is 335 g/mol. The molecule has 2 heterocycles. The lowest BCUT2D eigenvalue weighted by molar-refractivity contribution is -0.160. The van der Waals surface area contributed by atoms with Crippen LogP contribution >= 0.6 is 0 Å². The smallest absolute Gasteiger partial charge is 0.339 e. The lowest BCUT2D eigenvalue weighted by Crippen LogP contribution is -2.30. The second kappa shape index (κ2) is 7.64. The topological polar surface area (TPSA) is 74.7 Å². The molecule has 0 saturated heterocycles. The van der Waals surface area contributed by atoms with Crippen LogP contribution in [-0.2, 0) is 20.7 Å². The van der Waals surface area contributed by atoms with Crippen LogP contribution in [0.25, 0.3) is 0 Å². The molecule has 1 aliphatic rings. The molecule has 0 radical (unpaired) electrons. The van der Waals surface area contributed by atoms with Gasteiger partial charge in [0.25, 0.3) is 0 Å². The Balaban J connectivity index is 2.24. The van der Waals surface area contributed by atoms with Crippen molar-refractivity contribution in [3.05, 3.63) is 23.5 Å². The molecule has 24 heavy (non-hydrogen) atoms. The van der Waals surface area contributed by atoms with Crippen molar-refractivity contribution in [2.45, 2.75) is 52.1 Å². The van der Waals surface area contributed by atoms with Crippen LogP contribution in [0.1, 0.15) is 56.1 Å². The lowest BCUT2D eigenvalue weighted by atomic mass is 9.96. The van der Waals surface area contributed by atoms with Crippen LogP contribution in [0.2, 0.25) is 0 Å². The summed E-state index contributed by atoms with van der Waals surface area (Å²) < 4.78 is 16.0. The predicted molar refractivity (Wildman–Crippen MR) is 88.0 cm³/mol. The number of fused-ring (bicyclic) bond motifs is 1. The molecule has 132 valence electrons. The average Bonchev–Trinajstić information content (AvgIpc) is 2.61. The van der Waals surface area contributed by atoms with Crippen LogP contribution in [0.3, 0.4) is 0 Å². The molecule has 1 aromatic rings. The van der Waals surface area contributed by atoms with Crippen LogP contribution in [0.4, 0.5) is 0 Å². The quantitative estimate of drug-likeness (QED) is 0.774. The first-order valence-electron chi connectivity index (χ1n) is 8.23. The summed E-state index contributed by atoms with van der Waals surface area (Å²) in [6, 6.07) is 1.63. The van der Waals surface area contributed by atoms with Crippen LogP contribution in [-0.4, -0.2) is 36.2 Å². The molecule has 6 nitrogen and oxygen atoms in total. The number of carbonyl (C=O) groups excluding carboxylic acids is 2. The highest BCUT2D eigenvalue weighted by Gasteiger charge is 2.28. The molecule has 1 aliphatic heterocycles. The summed E-state index contributed by atoms with van der Waals surface area (Å²) >= 11 is 0. The van der Waals surface area contributed by atoms with Gasteiger partial charge in [0.05, 0.1) is 30.9 Å². The Bertz CT molecular complexity index is 606. The van der Waals surface area contributed by atoms with Gasteiger partial charge in [-0.1, -0.05) is 0 Å². The minimum absolute atomic E-state index is 0.214. The van der Waals surface area contributed by atoms with E-state index in [4.69, 9.17) is 14.2 Å². The van der Waals surface area contributed by atoms with Gasteiger partial charge in [0.2, 0.25) is 0 Å². The maximum Gasteiger partial charge on any atom is 0.339 e. The van der Waals surface area contributed by atoms with E-state index in [1.807, 2.05) is 20.8 Å². The number of methoxy groups -OCH3 is 1. The molecule has 6 heteroatoms. The normalized spacial score (nSPS) is 18.2. The van der Waals surface area contributed by atoms with Crippen LogP contribution in [0.5, 0.6) is 5.75 Å². The zero-order valence-electron chi connectivity index (χ0n) is 14.8. The third-order valence-electron chi connectivity index (χ3n) is 3.74. The Morgan fingerprint density at radius 2 is 2.04 bits per heavy atom. The molecule has 0 bridgehead atoms. The molecule has 0 N–H and O–H groups in total. The van der Waals surface area contributed by atoms with Crippen LogP contribution in [0, 0.1) is 5.92 Å². The van der Waals surface area contributed by atoms with Gasteiger partial charge in [0.1, 0.15) is 11.4 Å². The second-order valence-electron chi connectivity index (χ2n) is 6.94. The van der Waals surface area contributed by atoms with Crippen molar-refractivity contribution in [1.82, 2.24) is 4.98 Å². The van der Waals surface area contributed by atoms with Gasteiger partial charge in [0.15, 0.2) is 0 Å². The van der Waals surface area contributed by atoms with E-state index in [1.165, 1.54) is 13.3 Å². The molecule has 1 unspecified atom stereocenters. The van der Waals surface area contributed by atoms with Gasteiger partial charge in [0, 0.05) is 12.6 Å². The minimum Gasteiger partial charge on any atom is -0.492 e. The molecule has 0 aromatic carbocycles. The summed E-state index contributed by atoms with van der Waals surface area (Å²) in [5.41, 5.74) is 0.488. The van der Waals surface area contributed by atoms with E-state index >= 15 is 0 Å². The molecule has 1 aromatic heterocycles. The predicted octanol–water partition coefficient (Wildman–Crippen LogP) is 2.93. The van der Waals surface area contributed by atoms with Crippen molar-refractivity contribution in [3.8, 4) is 5.75 Å². The van der Waals surface area contributed by atoms with Gasteiger partial charge in [-0.2, -0.15) is 0 Å². The van der Waals surface area contributed by atoms with Crippen molar-refractivity contribution >= 4 is 11.9 Å². The molecule has 0 amide bonds. The number of rotatable bonds is 2. The van der Waals surface area contributed by atoms with E-state index in [0.717, 1.165) is 19.3 Å². The zero-order valence-corrected chi connectivity index (χ0v) is 14.8. The summed E-state index contributed by atoms with van der Waals surface area (Å²) in [7, 11) is 1.32. The van der Waals surface area contributed by atoms with Crippen LogP contribution in [0.15, 0.2) is 12.3 Å². The highest BCUT2D eigenvalue weighted by molar-refractivity contribution is 5.89. The first kappa shape index (κ1) is 18.2. The Labute approximate surface area is 142 Å². The number of aromatic nitrogens is 1. The summed E-state index contributed by atoms with van der Waals surface area (Å²) in [5.74, 6) is -0.402. The standard InChI is InChI=1S/C18H25NO5/c1-18(2,3)24-17(21)12-7-5-6-8-23-15-10-13(16(20)22-4)11-19-14(15)9-12/h10-12H,5-9H2,1-4H3. The molecule has 0 aliphatic carbocycles. The largest absolute Gasteiger partial charge is 0.492 e. The first-order valence-corrected chi connectivity index (χ1v) is 8.23. The highest BCUT2D eigenvalue weighted by Crippen LogP contribution is 2.27. The summed E-state index contributed by atoms with van der Waals surface area (Å²) in [6.07, 6.45) is 4.34. The molecule has 0 fully saturated rings. The molecule has 0 saturated carbocycles. The number of hydrogen-bond acceptors (Lipinski definition) is 6. The summed E-state index contributed by atoms with van der Waals surface area (Å²) in [5, 5.41) is 0. The van der Waals surface area contributed by atoms with Crippen molar-refractivity contribution in [3.63, 3.8) is 0 Å². The zero-order chi connectivity index (χ0) is 17.7. The SMILES string of the molecule is COC(=O)c1cnc2c(c1)OCCCCC(C(=O)OC(C)(C)C)C2. The Hall–Kier alpha value is -2.11. The van der Waals surface area contributed by atoms with Crippen LogP contribution < -0.4 is 4.74 Å². The van der Waals surface area contributed by atoms with E-state index in [-0.39, 0.29) is 11.9 Å². The van der Waals surface area contributed by atoms with Gasteiger partial charge in [-0.25, -0.2) is 4.79 Å². The lowest BCUT2D eigenvalue weighted by Gasteiger charge is -2.23. The maximum atomic E-state index is 12.5. The van der Waals surface area contributed by atoms with E-state index in [9.17, 15) is 9.59 Å². The number of esters is 2. The highest BCUT2D eigenvalue weighted by atomic mass is 16.6. The maximum absolute atomic E-state index is 12.5. The van der Waals surface area contributed by atoms with Crippen molar-refractivity contribution < 1.29 is 23.8 Å². The third kappa shape index (κ3) is 4.94. The Morgan fingerprint density at radius 1 is 1.29 bits per heavy atom. The fourth-order valence-corrected chi connectivity index (χ4v) is 2.58. The summed E-state index contributed by atoms with van der Waals surface area (Å²) in [6.45, 7) is 6.11. The van der Waals surface area contributed by atoms with Gasteiger partial charge >= 0.3 is 11.9 Å². The van der Waals surface area contributed by atoms with Crippen molar-refractivity contribution in [2.24, 2.45) is 5.92 Å². The van der Waals surface area contributed by atoms with E-state index in [2.05, 4.69) is 4.98 Å². The van der Waals surface area contributed by atoms with E-state index < -0.39 is 11.6 Å². The number of ether oxygens (including phenoxy) is 3. The monoisotopic (exact) mass is 335 g/mol. The van der Waals surface area contributed by atoms with Gasteiger partial charge in [-0.15, -0.1) is 0 Å². The van der Waals surface area contributed by atoms with E-state index in [1.54, 1.807) is 6.07 Å². The number of nitrogens with zero attached hydrogens (tertiary/aromatic N) is 1. The van der Waals surface area contributed by atoms with Crippen molar-refractivity contribution in [2.75, 3.05) is 13.7 Å². The number of pyridine rings is 1. The Kier molecular flexibility index (Phi) is 5.80. The second-order valence-corrected chi connectivity index (χ2v) is 6.94. The first-order chi connectivity index (χ1) is 11.3. The number of carbonyl (C=O) groups is 2. The Morgan fingerprint density at radius 3 is 2.71 bits per heavy atom. The number of hydrogen-bond donors (Lipinski definition) is 0. The molecule has 0 spiro atoms. The minimum atomic E-state index is -0.517. The fraction of sp³-hybridized carbons (Fsp3) is 0.611. The molecular formula is C18H25NO5. The van der Waals surface area contributed by atoms with E-state index in [0.29, 0.717) is 30.0 Å². The third-order valence-corrected chi connectivity index (χ3v) is 3.74. The van der Waals surface area contributed by atoms with Gasteiger partial charge in [-0.3, -0.25) is 9.78 Å². The summed E-state index contributed by atoms with van der Waals surface area (Å²) in [4.78, 5) is 28.4. The van der Waals surface area contributed by atoms with Crippen molar-refractivity contribution in [1.29, 1.82) is 0 Å².